The Morgan fingerprint density at radius 2 is 2.00 bits per heavy atom. The van der Waals surface area contributed by atoms with Gasteiger partial charge in [-0.1, -0.05) is 31.2 Å². The van der Waals surface area contributed by atoms with Crippen molar-refractivity contribution in [3.63, 3.8) is 0 Å². The van der Waals surface area contributed by atoms with Crippen LogP contribution in [0, 0.1) is 12.7 Å². The second-order valence-electron chi connectivity index (χ2n) is 6.37. The molecule has 1 N–H and O–H groups in total. The van der Waals surface area contributed by atoms with Gasteiger partial charge in [0.15, 0.2) is 17.3 Å². The first kappa shape index (κ1) is 18.1. The van der Waals surface area contributed by atoms with Crippen molar-refractivity contribution in [3.8, 4) is 5.75 Å². The van der Waals surface area contributed by atoms with Gasteiger partial charge in [0.05, 0.1) is 13.7 Å². The number of halogens is 1. The van der Waals surface area contributed by atoms with Gasteiger partial charge >= 0.3 is 0 Å². The molecule has 0 saturated carbocycles. The number of carbonyl (C=O) groups is 1. The minimum Gasteiger partial charge on any atom is -0.494 e. The quantitative estimate of drug-likeness (QED) is 0.643. The Labute approximate surface area is 152 Å². The van der Waals surface area contributed by atoms with E-state index in [1.54, 1.807) is 6.07 Å². The summed E-state index contributed by atoms with van der Waals surface area (Å²) in [6, 6.07) is 12.7. The Hall–Kier alpha value is -2.66. The Morgan fingerprint density at radius 1 is 1.23 bits per heavy atom. The summed E-state index contributed by atoms with van der Waals surface area (Å²) in [7, 11) is 1.44. The molecular formula is C21H23FN2O2. The van der Waals surface area contributed by atoms with Crippen molar-refractivity contribution in [3.05, 3.63) is 65.1 Å². The van der Waals surface area contributed by atoms with Gasteiger partial charge in [-0.05, 0) is 37.2 Å². The van der Waals surface area contributed by atoms with Crippen molar-refractivity contribution in [2.45, 2.75) is 20.4 Å². The van der Waals surface area contributed by atoms with E-state index in [1.165, 1.54) is 13.2 Å². The summed E-state index contributed by atoms with van der Waals surface area (Å²) < 4.78 is 18.9. The molecule has 2 aromatic carbocycles. The molecule has 0 amide bonds. The molecule has 0 bridgehead atoms. The van der Waals surface area contributed by atoms with E-state index in [0.717, 1.165) is 27.7 Å². The van der Waals surface area contributed by atoms with Crippen LogP contribution in [0.4, 0.5) is 4.39 Å². The first-order valence-corrected chi connectivity index (χ1v) is 8.68. The van der Waals surface area contributed by atoms with E-state index in [0.29, 0.717) is 13.1 Å². The number of fused-ring (bicyclic) bond motifs is 1. The highest BCUT2D eigenvalue weighted by Crippen LogP contribution is 2.23. The van der Waals surface area contributed by atoms with Crippen molar-refractivity contribution in [1.82, 2.24) is 9.88 Å². The second kappa shape index (κ2) is 7.70. The number of hydrogen-bond acceptors (Lipinski definition) is 3. The normalized spacial score (nSPS) is 11.3. The number of ketones is 1. The van der Waals surface area contributed by atoms with Gasteiger partial charge in [0.25, 0.3) is 0 Å². The number of nitrogens with one attached hydrogen (secondary N) is 1. The van der Waals surface area contributed by atoms with Crippen LogP contribution in [0.25, 0.3) is 10.9 Å². The summed E-state index contributed by atoms with van der Waals surface area (Å²) in [5, 5.41) is 0.946. The fourth-order valence-electron chi connectivity index (χ4n) is 3.26. The van der Waals surface area contributed by atoms with Gasteiger partial charge in [0, 0.05) is 28.7 Å². The molecule has 0 aliphatic heterocycles. The second-order valence-corrected chi connectivity index (χ2v) is 6.37. The fraction of sp³-hybridized carbons (Fsp3) is 0.286. The van der Waals surface area contributed by atoms with E-state index in [1.807, 2.05) is 49.1 Å². The first-order chi connectivity index (χ1) is 12.5. The molecule has 0 atom stereocenters. The van der Waals surface area contributed by atoms with Crippen LogP contribution in [0.5, 0.6) is 5.75 Å². The predicted octanol–water partition coefficient (Wildman–Crippen LogP) is 4.33. The number of aryl methyl sites for hydroxylation is 1. The number of Topliss-reactive ketones (excluding diaryl/α,β-unsaturated/α-hetero) is 1. The van der Waals surface area contributed by atoms with Crippen molar-refractivity contribution >= 4 is 16.7 Å². The topological polar surface area (TPSA) is 45.3 Å². The minimum absolute atomic E-state index is 0.0655. The third-order valence-electron chi connectivity index (χ3n) is 4.61. The van der Waals surface area contributed by atoms with Gasteiger partial charge in [-0.2, -0.15) is 0 Å². The van der Waals surface area contributed by atoms with Gasteiger partial charge in [0.2, 0.25) is 0 Å². The van der Waals surface area contributed by atoms with Gasteiger partial charge in [-0.3, -0.25) is 9.69 Å². The standard InChI is InChI=1S/C21H23FN2O2/c1-4-24(12-15-9-10-20(26-3)17(22)11-15)13-19(25)21-14(2)23-18-8-6-5-7-16(18)21/h5-11,23H,4,12-13H2,1-3H3. The third-order valence-corrected chi connectivity index (χ3v) is 4.61. The lowest BCUT2D eigenvalue weighted by molar-refractivity contribution is 0.0930. The van der Waals surface area contributed by atoms with Crippen molar-refractivity contribution in [2.24, 2.45) is 0 Å². The van der Waals surface area contributed by atoms with E-state index in [9.17, 15) is 9.18 Å². The smallest absolute Gasteiger partial charge is 0.179 e. The third kappa shape index (κ3) is 3.63. The van der Waals surface area contributed by atoms with E-state index >= 15 is 0 Å². The number of benzene rings is 2. The molecule has 3 rings (SSSR count). The number of aromatic nitrogens is 1. The number of H-pyrrole nitrogens is 1. The molecule has 0 spiro atoms. The van der Waals surface area contributed by atoms with E-state index in [2.05, 4.69) is 4.98 Å². The average molecular weight is 354 g/mol. The largest absolute Gasteiger partial charge is 0.494 e. The number of rotatable bonds is 7. The lowest BCUT2D eigenvalue weighted by atomic mass is 10.1. The average Bonchev–Trinajstić information content (AvgIpc) is 2.97. The zero-order chi connectivity index (χ0) is 18.7. The Morgan fingerprint density at radius 3 is 2.69 bits per heavy atom. The maximum atomic E-state index is 13.9. The van der Waals surface area contributed by atoms with E-state index in [4.69, 9.17) is 4.74 Å². The molecule has 0 unspecified atom stereocenters. The molecule has 136 valence electrons. The number of methoxy groups -OCH3 is 1. The first-order valence-electron chi connectivity index (χ1n) is 8.68. The highest BCUT2D eigenvalue weighted by atomic mass is 19.1. The fourth-order valence-corrected chi connectivity index (χ4v) is 3.26. The summed E-state index contributed by atoms with van der Waals surface area (Å²) in [4.78, 5) is 18.2. The van der Waals surface area contributed by atoms with Crippen molar-refractivity contribution in [2.75, 3.05) is 20.2 Å². The maximum absolute atomic E-state index is 13.9. The number of likely N-dealkylation sites (N-methyl/N-ethyl adjacent to an activating group) is 1. The van der Waals surface area contributed by atoms with Crippen LogP contribution in [0.2, 0.25) is 0 Å². The highest BCUT2D eigenvalue weighted by molar-refractivity contribution is 6.10. The summed E-state index contributed by atoms with van der Waals surface area (Å²) in [6.07, 6.45) is 0. The SMILES string of the molecule is CCN(CC(=O)c1c(C)[nH]c2ccccc12)Cc1ccc(OC)c(F)c1. The number of nitrogens with zero attached hydrogens (tertiary/aromatic N) is 1. The van der Waals surface area contributed by atoms with Gasteiger partial charge < -0.3 is 9.72 Å². The molecule has 0 aliphatic carbocycles. The number of ether oxygens (including phenoxy) is 1. The Bertz CT molecular complexity index is 933. The minimum atomic E-state index is -0.389. The van der Waals surface area contributed by atoms with Crippen LogP contribution >= 0.6 is 0 Å². The molecule has 0 fully saturated rings. The molecule has 4 nitrogen and oxygen atoms in total. The molecule has 0 radical (unpaired) electrons. The molecule has 26 heavy (non-hydrogen) atoms. The van der Waals surface area contributed by atoms with Gasteiger partial charge in [-0.25, -0.2) is 4.39 Å². The lowest BCUT2D eigenvalue weighted by Gasteiger charge is -2.20. The molecule has 1 heterocycles. The van der Waals surface area contributed by atoms with Crippen LogP contribution in [0.3, 0.4) is 0 Å². The molecule has 5 heteroatoms. The van der Waals surface area contributed by atoms with Crippen LogP contribution in [0.15, 0.2) is 42.5 Å². The van der Waals surface area contributed by atoms with E-state index < -0.39 is 0 Å². The summed E-state index contributed by atoms with van der Waals surface area (Å²) in [5.74, 6) is -0.0991. The van der Waals surface area contributed by atoms with Crippen molar-refractivity contribution in [1.29, 1.82) is 0 Å². The van der Waals surface area contributed by atoms with Gasteiger partial charge in [-0.15, -0.1) is 0 Å². The summed E-state index contributed by atoms with van der Waals surface area (Å²) in [6.45, 7) is 5.40. The highest BCUT2D eigenvalue weighted by Gasteiger charge is 2.18. The van der Waals surface area contributed by atoms with Crippen LogP contribution < -0.4 is 4.74 Å². The summed E-state index contributed by atoms with van der Waals surface area (Å²) in [5.41, 5.74) is 3.39. The molecule has 0 aliphatic rings. The number of carbonyl (C=O) groups excluding carboxylic acids is 1. The zero-order valence-corrected chi connectivity index (χ0v) is 15.3. The molecular weight excluding hydrogens is 331 g/mol. The number of hydrogen-bond donors (Lipinski definition) is 1. The lowest BCUT2D eigenvalue weighted by Crippen LogP contribution is -2.29. The zero-order valence-electron chi connectivity index (χ0n) is 15.3. The summed E-state index contributed by atoms with van der Waals surface area (Å²) >= 11 is 0. The van der Waals surface area contributed by atoms with Crippen LogP contribution in [-0.4, -0.2) is 35.9 Å². The number of para-hydroxylation sites is 1. The molecule has 3 aromatic rings. The van der Waals surface area contributed by atoms with Crippen molar-refractivity contribution < 1.29 is 13.9 Å². The van der Waals surface area contributed by atoms with Crippen LogP contribution in [-0.2, 0) is 6.54 Å². The van der Waals surface area contributed by atoms with Gasteiger partial charge in [0.1, 0.15) is 0 Å². The Balaban J connectivity index is 1.78. The molecule has 1 aromatic heterocycles. The monoisotopic (exact) mass is 354 g/mol. The van der Waals surface area contributed by atoms with E-state index in [-0.39, 0.29) is 23.9 Å². The maximum Gasteiger partial charge on any atom is 0.179 e. The number of aromatic amines is 1. The Kier molecular flexibility index (Phi) is 5.38. The van der Waals surface area contributed by atoms with Crippen LogP contribution in [0.1, 0.15) is 28.5 Å². The predicted molar refractivity (Wildman–Crippen MR) is 101 cm³/mol. The molecule has 0 saturated heterocycles.